The zero-order valence-corrected chi connectivity index (χ0v) is 8.45. The minimum absolute atomic E-state index is 0.0104. The molecule has 1 atom stereocenters. The molecule has 4 nitrogen and oxygen atoms in total. The molecule has 0 saturated carbocycles. The van der Waals surface area contributed by atoms with Gasteiger partial charge in [-0.15, -0.1) is 0 Å². The van der Waals surface area contributed by atoms with Crippen molar-refractivity contribution in [1.82, 2.24) is 9.80 Å². The normalized spacial score (nSPS) is 19.2. The molecule has 0 spiro atoms. The molecule has 1 unspecified atom stereocenters. The Labute approximate surface area is 79.0 Å². The van der Waals surface area contributed by atoms with Crippen LogP contribution >= 0.6 is 0 Å². The smallest absolute Gasteiger partial charge is 0.311 e. The number of nitrogens with zero attached hydrogens (tertiary/aromatic N) is 2. The van der Waals surface area contributed by atoms with Crippen molar-refractivity contribution >= 4 is 6.03 Å². The number of rotatable bonds is 2. The van der Waals surface area contributed by atoms with E-state index in [-0.39, 0.29) is 12.2 Å². The molecule has 74 valence electrons. The van der Waals surface area contributed by atoms with Crippen LogP contribution in [0.1, 0.15) is 20.8 Å². The van der Waals surface area contributed by atoms with Crippen LogP contribution in [0.5, 0.6) is 0 Å². The van der Waals surface area contributed by atoms with E-state index in [0.717, 1.165) is 18.7 Å². The van der Waals surface area contributed by atoms with Gasteiger partial charge in [-0.1, -0.05) is 5.57 Å². The highest BCUT2D eigenvalue weighted by molar-refractivity contribution is 5.77. The fourth-order valence-electron chi connectivity index (χ4n) is 1.38. The second-order valence-corrected chi connectivity index (χ2v) is 3.62. The van der Waals surface area contributed by atoms with Gasteiger partial charge in [0.2, 0.25) is 0 Å². The molecule has 1 aliphatic heterocycles. The Hall–Kier alpha value is -1.03. The zero-order chi connectivity index (χ0) is 10.0. The van der Waals surface area contributed by atoms with Gasteiger partial charge >= 0.3 is 6.03 Å². The lowest BCUT2D eigenvalue weighted by atomic mass is 10.4. The van der Waals surface area contributed by atoms with Gasteiger partial charge in [0.05, 0.1) is 6.17 Å². The Morgan fingerprint density at radius 3 is 2.54 bits per heavy atom. The van der Waals surface area contributed by atoms with Gasteiger partial charge in [-0.3, -0.25) is 4.90 Å². The van der Waals surface area contributed by atoms with Gasteiger partial charge in [-0.2, -0.15) is 0 Å². The summed E-state index contributed by atoms with van der Waals surface area (Å²) in [5.74, 6) is 0. The fraction of sp³-hybridized carbons (Fsp3) is 0.667. The van der Waals surface area contributed by atoms with Crippen LogP contribution in [0.2, 0.25) is 0 Å². The van der Waals surface area contributed by atoms with E-state index in [1.165, 1.54) is 0 Å². The van der Waals surface area contributed by atoms with Crippen LogP contribution < -0.4 is 5.73 Å². The molecule has 1 saturated heterocycles. The molecule has 1 rings (SSSR count). The number of amides is 2. The van der Waals surface area contributed by atoms with Crippen LogP contribution in [0.15, 0.2) is 11.8 Å². The third kappa shape index (κ3) is 2.21. The van der Waals surface area contributed by atoms with E-state index in [9.17, 15) is 4.79 Å². The molecule has 0 aromatic carbocycles. The third-order valence-corrected chi connectivity index (χ3v) is 1.98. The van der Waals surface area contributed by atoms with E-state index < -0.39 is 0 Å². The Morgan fingerprint density at radius 1 is 1.54 bits per heavy atom. The Bertz CT molecular complexity index is 231. The molecular formula is C9H17N3O. The van der Waals surface area contributed by atoms with Crippen LogP contribution in [0.4, 0.5) is 4.79 Å². The second kappa shape index (κ2) is 3.79. The number of urea groups is 1. The SMILES string of the molecule is CC(C)=CN1CCN(C(C)N)C1=O. The Kier molecular flexibility index (Phi) is 2.93. The topological polar surface area (TPSA) is 49.6 Å². The van der Waals surface area contributed by atoms with Crippen molar-refractivity contribution in [3.63, 3.8) is 0 Å². The molecule has 13 heavy (non-hydrogen) atoms. The first-order valence-corrected chi connectivity index (χ1v) is 4.50. The van der Waals surface area contributed by atoms with Gasteiger partial charge in [-0.05, 0) is 20.8 Å². The van der Waals surface area contributed by atoms with Crippen molar-refractivity contribution in [2.24, 2.45) is 5.73 Å². The summed E-state index contributed by atoms with van der Waals surface area (Å²) in [6.07, 6.45) is 1.67. The number of hydrogen-bond acceptors (Lipinski definition) is 2. The van der Waals surface area contributed by atoms with E-state index in [4.69, 9.17) is 5.73 Å². The first-order valence-electron chi connectivity index (χ1n) is 4.50. The molecule has 0 aromatic rings. The maximum atomic E-state index is 11.6. The largest absolute Gasteiger partial charge is 0.325 e. The summed E-state index contributed by atoms with van der Waals surface area (Å²) >= 11 is 0. The van der Waals surface area contributed by atoms with E-state index in [1.54, 1.807) is 9.80 Å². The average Bonchev–Trinajstić information content (AvgIpc) is 2.32. The molecule has 1 heterocycles. The summed E-state index contributed by atoms with van der Waals surface area (Å²) < 4.78 is 0. The molecule has 1 aliphatic rings. The highest BCUT2D eigenvalue weighted by Crippen LogP contribution is 2.11. The zero-order valence-electron chi connectivity index (χ0n) is 8.45. The molecule has 1 fully saturated rings. The number of hydrogen-bond donors (Lipinski definition) is 1. The van der Waals surface area contributed by atoms with Gasteiger partial charge in [-0.25, -0.2) is 4.79 Å². The van der Waals surface area contributed by atoms with Gasteiger partial charge in [0.1, 0.15) is 0 Å². The van der Waals surface area contributed by atoms with Crippen LogP contribution in [0.25, 0.3) is 0 Å². The van der Waals surface area contributed by atoms with Gasteiger partial charge in [0, 0.05) is 19.3 Å². The van der Waals surface area contributed by atoms with Crippen molar-refractivity contribution in [1.29, 1.82) is 0 Å². The quantitative estimate of drug-likeness (QED) is 0.693. The Morgan fingerprint density at radius 2 is 2.15 bits per heavy atom. The van der Waals surface area contributed by atoms with Gasteiger partial charge in [0.15, 0.2) is 0 Å². The van der Waals surface area contributed by atoms with Crippen LogP contribution in [0, 0.1) is 0 Å². The summed E-state index contributed by atoms with van der Waals surface area (Å²) in [5, 5.41) is 0. The summed E-state index contributed by atoms with van der Waals surface area (Å²) in [7, 11) is 0. The van der Waals surface area contributed by atoms with Crippen molar-refractivity contribution in [3.8, 4) is 0 Å². The Balaban J connectivity index is 2.66. The number of carbonyl (C=O) groups is 1. The fourth-order valence-corrected chi connectivity index (χ4v) is 1.38. The van der Waals surface area contributed by atoms with Crippen molar-refractivity contribution in [2.75, 3.05) is 13.1 Å². The lowest BCUT2D eigenvalue weighted by molar-refractivity contribution is 0.190. The van der Waals surface area contributed by atoms with E-state index in [1.807, 2.05) is 27.0 Å². The predicted molar refractivity (Wildman–Crippen MR) is 51.9 cm³/mol. The molecule has 0 bridgehead atoms. The lowest BCUT2D eigenvalue weighted by Crippen LogP contribution is -2.41. The molecule has 2 N–H and O–H groups in total. The first kappa shape index (κ1) is 10.1. The van der Waals surface area contributed by atoms with Gasteiger partial charge in [0.25, 0.3) is 0 Å². The van der Waals surface area contributed by atoms with Crippen LogP contribution in [-0.4, -0.2) is 35.1 Å². The van der Waals surface area contributed by atoms with Crippen molar-refractivity contribution in [3.05, 3.63) is 11.8 Å². The summed E-state index contributed by atoms with van der Waals surface area (Å²) in [6, 6.07) is 0.0104. The minimum atomic E-state index is -0.192. The minimum Gasteiger partial charge on any atom is -0.311 e. The molecule has 2 amide bonds. The van der Waals surface area contributed by atoms with Gasteiger partial charge < -0.3 is 10.6 Å². The molecule has 4 heteroatoms. The summed E-state index contributed by atoms with van der Waals surface area (Å²) in [6.45, 7) is 7.24. The maximum absolute atomic E-state index is 11.6. The summed E-state index contributed by atoms with van der Waals surface area (Å²) in [4.78, 5) is 15.0. The number of allylic oxidation sites excluding steroid dienone is 1. The van der Waals surface area contributed by atoms with Crippen LogP contribution in [0.3, 0.4) is 0 Å². The van der Waals surface area contributed by atoms with Crippen LogP contribution in [-0.2, 0) is 0 Å². The van der Waals surface area contributed by atoms with E-state index >= 15 is 0 Å². The monoisotopic (exact) mass is 183 g/mol. The highest BCUT2D eigenvalue weighted by atomic mass is 16.2. The maximum Gasteiger partial charge on any atom is 0.325 e. The van der Waals surface area contributed by atoms with E-state index in [0.29, 0.717) is 0 Å². The third-order valence-electron chi connectivity index (χ3n) is 1.98. The van der Waals surface area contributed by atoms with Crippen molar-refractivity contribution < 1.29 is 4.79 Å². The average molecular weight is 183 g/mol. The molecular weight excluding hydrogens is 166 g/mol. The molecule has 0 aromatic heterocycles. The number of nitrogens with two attached hydrogens (primary N) is 1. The number of carbonyl (C=O) groups excluding carboxylic acids is 1. The van der Waals surface area contributed by atoms with Crippen molar-refractivity contribution in [2.45, 2.75) is 26.9 Å². The molecule has 0 radical (unpaired) electrons. The summed E-state index contributed by atoms with van der Waals surface area (Å²) in [5.41, 5.74) is 6.76. The molecule has 0 aliphatic carbocycles. The lowest BCUT2D eigenvalue weighted by Gasteiger charge is -2.20. The standard InChI is InChI=1S/C9H17N3O/c1-7(2)6-11-4-5-12(8(3)10)9(11)13/h6,8H,4-5,10H2,1-3H3. The van der Waals surface area contributed by atoms with E-state index in [2.05, 4.69) is 0 Å². The second-order valence-electron chi connectivity index (χ2n) is 3.62. The first-order chi connectivity index (χ1) is 6.02. The predicted octanol–water partition coefficient (Wildman–Crippen LogP) is 0.952. The highest BCUT2D eigenvalue weighted by Gasteiger charge is 2.28.